The van der Waals surface area contributed by atoms with Crippen LogP contribution in [0.2, 0.25) is 36.3 Å². The zero-order chi connectivity index (χ0) is 54.0. The number of carbonyl (C=O) groups excluding carboxylic acids is 2. The van der Waals surface area contributed by atoms with E-state index in [0.29, 0.717) is 25.5 Å². The van der Waals surface area contributed by atoms with Gasteiger partial charge in [-0.2, -0.15) is 27.0 Å². The van der Waals surface area contributed by atoms with Crippen molar-refractivity contribution in [2.45, 2.75) is 154 Å². The molecule has 0 saturated carbocycles. The Bertz CT molecular complexity index is 2040. The fourth-order valence-corrected chi connectivity index (χ4v) is 8.17. The summed E-state index contributed by atoms with van der Waals surface area (Å²) in [6.07, 6.45) is 5.65. The second kappa shape index (κ2) is 35.8. The van der Waals surface area contributed by atoms with Crippen LogP contribution in [0.5, 0.6) is 5.75 Å². The molecule has 418 valence electrons. The number of nitro benzene ring substituents is 1. The van der Waals surface area contributed by atoms with Gasteiger partial charge in [-0.15, -0.1) is 0 Å². The van der Waals surface area contributed by atoms with Crippen molar-refractivity contribution < 1.29 is 60.6 Å². The molecule has 3 aromatic carbocycles. The fraction of sp³-hybridized carbons (Fsp3) is 0.615. The summed E-state index contributed by atoms with van der Waals surface area (Å²) >= 11 is 0. The number of hydrogen-bond acceptors (Lipinski definition) is 11. The smallest absolute Gasteiger partial charge is 0.311 e. The summed E-state index contributed by atoms with van der Waals surface area (Å²) in [6.45, 7) is 25.6. The Kier molecular flexibility index (Phi) is 35.2. The van der Waals surface area contributed by atoms with Crippen molar-refractivity contribution in [3.63, 3.8) is 0 Å². The molecule has 1 amide bonds. The summed E-state index contributed by atoms with van der Waals surface area (Å²) in [7, 11) is 0.0752. The van der Waals surface area contributed by atoms with Crippen LogP contribution in [0.25, 0.3) is 0 Å². The zero-order valence-corrected chi connectivity index (χ0v) is 49.3. The molecule has 1 saturated heterocycles. The quantitative estimate of drug-likeness (QED) is 0.0219. The van der Waals surface area contributed by atoms with Crippen LogP contribution in [0, 0.1) is 33.4 Å². The van der Waals surface area contributed by atoms with E-state index >= 15 is 0 Å². The Labute approximate surface area is 448 Å². The SMILES string of the molecule is C1CCOC1.CN(C(=O)CCc1cccc(F)c1F)[C@@H](CCCO)CO[Si](C)(C)C(C)(C)C.CN[C@@H](CCCO)CO[Si](C)(C)C(C)(C)C.O=C(CCc1cccc(F)c1F)Oc1ccc([N+](=O)[O-])cc1.S.S. The first kappa shape index (κ1) is 71.7. The number of esters is 1. The summed E-state index contributed by atoms with van der Waals surface area (Å²) in [4.78, 5) is 35.8. The van der Waals surface area contributed by atoms with E-state index in [2.05, 4.69) is 73.0 Å². The molecule has 0 bridgehead atoms. The molecule has 1 heterocycles. The number of aliphatic hydroxyl groups is 2. The summed E-state index contributed by atoms with van der Waals surface area (Å²) in [6, 6.07) is 12.9. The monoisotopic (exact) mass is 1110 g/mol. The van der Waals surface area contributed by atoms with E-state index in [1.165, 1.54) is 61.4 Å². The maximum Gasteiger partial charge on any atom is 0.311 e. The van der Waals surface area contributed by atoms with Crippen molar-refractivity contribution in [2.24, 2.45) is 0 Å². The molecule has 0 aromatic heterocycles. The minimum Gasteiger partial charge on any atom is -0.427 e. The first-order chi connectivity index (χ1) is 33.1. The molecule has 1 fully saturated rings. The number of carbonyl (C=O) groups is 2. The molecule has 3 aromatic rings. The predicted octanol–water partition coefficient (Wildman–Crippen LogP) is 11.3. The molecule has 4 rings (SSSR count). The molecule has 73 heavy (non-hydrogen) atoms. The van der Waals surface area contributed by atoms with Crippen molar-refractivity contribution in [1.29, 1.82) is 0 Å². The van der Waals surface area contributed by atoms with E-state index in [-0.39, 0.29) is 110 Å². The van der Waals surface area contributed by atoms with Gasteiger partial charge in [0, 0.05) is 64.7 Å². The number of non-ortho nitro benzene ring substituents is 1. The number of aliphatic hydroxyl groups excluding tert-OH is 2. The molecule has 2 atom stereocenters. The minimum atomic E-state index is -1.96. The number of halogens is 4. The molecular formula is C52H87F4N3O10S2Si2. The highest BCUT2D eigenvalue weighted by molar-refractivity contribution is 7.59. The van der Waals surface area contributed by atoms with Crippen LogP contribution in [0.15, 0.2) is 60.7 Å². The molecule has 3 N–H and O–H groups in total. The van der Waals surface area contributed by atoms with Gasteiger partial charge in [0.05, 0.1) is 24.0 Å². The Hall–Kier alpha value is -3.39. The van der Waals surface area contributed by atoms with Gasteiger partial charge >= 0.3 is 5.97 Å². The lowest BCUT2D eigenvalue weighted by molar-refractivity contribution is -0.384. The number of aryl methyl sites for hydroxylation is 2. The lowest BCUT2D eigenvalue weighted by atomic mass is 10.1. The highest BCUT2D eigenvalue weighted by atomic mass is 32.1. The third-order valence-corrected chi connectivity index (χ3v) is 22.0. The third kappa shape index (κ3) is 27.3. The summed E-state index contributed by atoms with van der Waals surface area (Å²) in [5.41, 5.74) is 0.161. The topological polar surface area (TPSA) is 170 Å². The predicted molar refractivity (Wildman–Crippen MR) is 297 cm³/mol. The van der Waals surface area contributed by atoms with Crippen LogP contribution >= 0.6 is 27.0 Å². The first-order valence-electron chi connectivity index (χ1n) is 24.4. The highest BCUT2D eigenvalue weighted by Crippen LogP contribution is 2.37. The van der Waals surface area contributed by atoms with Gasteiger partial charge < -0.3 is 38.8 Å². The van der Waals surface area contributed by atoms with Crippen molar-refractivity contribution in [1.82, 2.24) is 10.2 Å². The van der Waals surface area contributed by atoms with Crippen molar-refractivity contribution in [3.8, 4) is 5.75 Å². The number of hydrogen-bond donors (Lipinski definition) is 3. The van der Waals surface area contributed by atoms with E-state index in [1.807, 2.05) is 7.05 Å². The third-order valence-electron chi connectivity index (χ3n) is 13.0. The normalized spacial score (nSPS) is 13.2. The van der Waals surface area contributed by atoms with E-state index < -0.39 is 50.8 Å². The average Bonchev–Trinajstić information content (AvgIpc) is 3.91. The Morgan fingerprint density at radius 3 is 1.62 bits per heavy atom. The number of rotatable bonds is 22. The van der Waals surface area contributed by atoms with Gasteiger partial charge in [0.1, 0.15) is 5.75 Å². The zero-order valence-electron chi connectivity index (χ0n) is 45.3. The van der Waals surface area contributed by atoms with Crippen LogP contribution in [0.1, 0.15) is 104 Å². The molecular weight excluding hydrogens is 1020 g/mol. The van der Waals surface area contributed by atoms with Crippen LogP contribution in [-0.4, -0.2) is 114 Å². The molecule has 1 aliphatic heterocycles. The standard InChI is InChI=1S/C21H35F2NO3Si.C15H11F2NO4.C12H29NO2Si.C4H8O.2H2S/c1-21(2,3)28(5,6)27-15-17(10-8-14-25)24(4)19(26)13-12-16-9-7-11-18(22)20(16)23;16-13-3-1-2-10(15(13)17)4-9-14(19)22-12-7-5-11(6-8-12)18(20)21;1-12(2,3)16(5,6)15-10-11(13-4)8-7-9-14;1-2-4-5-3-1;;/h7,9,11,17,25H,8,10,12-15H2,1-6H3;1-3,5-8H,4,9H2;11,13-14H,7-10H2,1-6H3;1-4H2;2*1H2/t17-;;11-;;;/m0.0.../s1. The maximum atomic E-state index is 13.8. The van der Waals surface area contributed by atoms with E-state index in [4.69, 9.17) is 23.4 Å². The van der Waals surface area contributed by atoms with Gasteiger partial charge in [0.2, 0.25) is 5.91 Å². The molecule has 1 aliphatic rings. The van der Waals surface area contributed by atoms with Crippen molar-refractivity contribution >= 4 is 61.2 Å². The lowest BCUT2D eigenvalue weighted by Gasteiger charge is -2.38. The number of likely N-dealkylation sites (N-methyl/N-ethyl adjacent to an activating group) is 2. The molecule has 0 unspecified atom stereocenters. The van der Waals surface area contributed by atoms with Gasteiger partial charge in [-0.3, -0.25) is 19.7 Å². The number of nitro groups is 1. The van der Waals surface area contributed by atoms with Crippen LogP contribution in [-0.2, 0) is 36.0 Å². The molecule has 0 radical (unpaired) electrons. The number of benzene rings is 3. The number of nitrogens with zero attached hydrogens (tertiary/aromatic N) is 2. The summed E-state index contributed by atoms with van der Waals surface area (Å²) < 4.78 is 75.9. The molecule has 0 spiro atoms. The second-order valence-corrected chi connectivity index (χ2v) is 30.1. The molecule has 21 heteroatoms. The maximum absolute atomic E-state index is 13.8. The minimum absolute atomic E-state index is 0. The molecule has 0 aliphatic carbocycles. The molecule has 13 nitrogen and oxygen atoms in total. The number of ether oxygens (including phenoxy) is 2. The Morgan fingerprint density at radius 2 is 1.21 bits per heavy atom. The lowest BCUT2D eigenvalue weighted by Crippen LogP contribution is -2.47. The van der Waals surface area contributed by atoms with E-state index in [9.17, 15) is 42.4 Å². The van der Waals surface area contributed by atoms with Crippen LogP contribution in [0.3, 0.4) is 0 Å². The summed E-state index contributed by atoms with van der Waals surface area (Å²) in [5, 5.41) is 32.1. The van der Waals surface area contributed by atoms with Gasteiger partial charge in [0.15, 0.2) is 39.9 Å². The Balaban J connectivity index is 0. The van der Waals surface area contributed by atoms with Gasteiger partial charge in [-0.1, -0.05) is 65.8 Å². The van der Waals surface area contributed by atoms with E-state index in [0.717, 1.165) is 44.8 Å². The number of amides is 1. The van der Waals surface area contributed by atoms with Crippen LogP contribution < -0.4 is 10.1 Å². The second-order valence-electron chi connectivity index (χ2n) is 20.5. The van der Waals surface area contributed by atoms with E-state index in [1.54, 1.807) is 11.9 Å². The Morgan fingerprint density at radius 1 is 0.753 bits per heavy atom. The van der Waals surface area contributed by atoms with Crippen molar-refractivity contribution in [2.75, 3.05) is 53.7 Å². The van der Waals surface area contributed by atoms with Gasteiger partial charge in [-0.25, -0.2) is 17.6 Å². The first-order valence-corrected chi connectivity index (χ1v) is 30.2. The average molecular weight is 1110 g/mol. The summed E-state index contributed by atoms with van der Waals surface area (Å²) in [5.74, 6) is -4.39. The van der Waals surface area contributed by atoms with Crippen molar-refractivity contribution in [3.05, 3.63) is 105 Å². The van der Waals surface area contributed by atoms with Crippen LogP contribution in [0.4, 0.5) is 23.2 Å². The highest BCUT2D eigenvalue weighted by Gasteiger charge is 2.39. The fourth-order valence-electron chi connectivity index (χ4n) is 6.08. The number of nitrogens with one attached hydrogen (secondary N) is 1. The van der Waals surface area contributed by atoms with Gasteiger partial charge in [0.25, 0.3) is 5.69 Å². The largest absolute Gasteiger partial charge is 0.427 e. The van der Waals surface area contributed by atoms with Gasteiger partial charge in [-0.05, 0) is 130 Å².